The highest BCUT2D eigenvalue weighted by Gasteiger charge is 2.01. The SMILES string of the molecule is Cc1cccc(Nc2nc(C)cn2C)c1. The van der Waals surface area contributed by atoms with Gasteiger partial charge in [-0.25, -0.2) is 4.98 Å². The smallest absolute Gasteiger partial charge is 0.207 e. The van der Waals surface area contributed by atoms with Gasteiger partial charge in [0, 0.05) is 18.9 Å². The third-order valence-electron chi connectivity index (χ3n) is 2.27. The van der Waals surface area contributed by atoms with Gasteiger partial charge in [0.25, 0.3) is 0 Å². The van der Waals surface area contributed by atoms with Crippen molar-refractivity contribution >= 4 is 11.6 Å². The molecule has 1 aromatic heterocycles. The van der Waals surface area contributed by atoms with Gasteiger partial charge in [-0.05, 0) is 31.5 Å². The van der Waals surface area contributed by atoms with E-state index in [0.29, 0.717) is 0 Å². The third kappa shape index (κ3) is 2.18. The van der Waals surface area contributed by atoms with E-state index in [1.165, 1.54) is 5.56 Å². The van der Waals surface area contributed by atoms with Crippen LogP contribution in [0.25, 0.3) is 0 Å². The molecule has 3 heteroatoms. The number of imidazole rings is 1. The van der Waals surface area contributed by atoms with Crippen molar-refractivity contribution in [1.82, 2.24) is 9.55 Å². The highest BCUT2D eigenvalue weighted by Crippen LogP contribution is 2.16. The summed E-state index contributed by atoms with van der Waals surface area (Å²) in [6.45, 7) is 4.07. The number of nitrogens with zero attached hydrogens (tertiary/aromatic N) is 2. The van der Waals surface area contributed by atoms with E-state index < -0.39 is 0 Å². The number of hydrogen-bond donors (Lipinski definition) is 1. The Kier molecular flexibility index (Phi) is 2.46. The fourth-order valence-corrected chi connectivity index (χ4v) is 1.58. The van der Waals surface area contributed by atoms with Crippen molar-refractivity contribution in [3.63, 3.8) is 0 Å². The molecular weight excluding hydrogens is 186 g/mol. The Bertz CT molecular complexity index is 471. The fraction of sp³-hybridized carbons (Fsp3) is 0.250. The summed E-state index contributed by atoms with van der Waals surface area (Å²) in [4.78, 5) is 4.39. The first-order valence-corrected chi connectivity index (χ1v) is 4.99. The van der Waals surface area contributed by atoms with Crippen LogP contribution in [0.2, 0.25) is 0 Å². The van der Waals surface area contributed by atoms with E-state index in [-0.39, 0.29) is 0 Å². The van der Waals surface area contributed by atoms with Crippen molar-refractivity contribution in [3.8, 4) is 0 Å². The summed E-state index contributed by atoms with van der Waals surface area (Å²) in [5.74, 6) is 0.873. The van der Waals surface area contributed by atoms with Crippen LogP contribution >= 0.6 is 0 Å². The Morgan fingerprint density at radius 2 is 2.07 bits per heavy atom. The lowest BCUT2D eigenvalue weighted by Crippen LogP contribution is -1.98. The Balaban J connectivity index is 2.25. The molecule has 0 bridgehead atoms. The number of rotatable bonds is 2. The number of anilines is 2. The minimum absolute atomic E-state index is 0.873. The highest BCUT2D eigenvalue weighted by atomic mass is 15.2. The molecule has 0 saturated carbocycles. The van der Waals surface area contributed by atoms with E-state index in [1.807, 2.05) is 36.9 Å². The average molecular weight is 201 g/mol. The van der Waals surface area contributed by atoms with Crippen LogP contribution in [0.1, 0.15) is 11.3 Å². The predicted molar refractivity (Wildman–Crippen MR) is 62.4 cm³/mol. The summed E-state index contributed by atoms with van der Waals surface area (Å²) in [5.41, 5.74) is 3.34. The van der Waals surface area contributed by atoms with Gasteiger partial charge in [0.1, 0.15) is 0 Å². The number of aromatic nitrogens is 2. The molecule has 3 nitrogen and oxygen atoms in total. The van der Waals surface area contributed by atoms with Crippen molar-refractivity contribution in [2.45, 2.75) is 13.8 Å². The molecule has 0 aliphatic heterocycles. The van der Waals surface area contributed by atoms with E-state index in [0.717, 1.165) is 17.3 Å². The molecule has 1 heterocycles. The first-order valence-electron chi connectivity index (χ1n) is 4.99. The van der Waals surface area contributed by atoms with Crippen LogP contribution < -0.4 is 5.32 Å². The van der Waals surface area contributed by atoms with Gasteiger partial charge >= 0.3 is 0 Å². The number of nitrogens with one attached hydrogen (secondary N) is 1. The molecule has 2 rings (SSSR count). The zero-order valence-corrected chi connectivity index (χ0v) is 9.28. The van der Waals surface area contributed by atoms with Crippen molar-refractivity contribution in [2.24, 2.45) is 7.05 Å². The van der Waals surface area contributed by atoms with Crippen LogP contribution in [0.4, 0.5) is 11.6 Å². The number of hydrogen-bond acceptors (Lipinski definition) is 2. The standard InChI is InChI=1S/C12H15N3/c1-9-5-4-6-11(7-9)14-12-13-10(2)8-15(12)3/h4-8H,1-3H3,(H,13,14). The van der Waals surface area contributed by atoms with Gasteiger partial charge in [-0.15, -0.1) is 0 Å². The molecule has 0 atom stereocenters. The van der Waals surface area contributed by atoms with Gasteiger partial charge in [-0.1, -0.05) is 12.1 Å². The van der Waals surface area contributed by atoms with Crippen molar-refractivity contribution < 1.29 is 0 Å². The predicted octanol–water partition coefficient (Wildman–Crippen LogP) is 2.78. The topological polar surface area (TPSA) is 29.9 Å². The maximum Gasteiger partial charge on any atom is 0.207 e. The van der Waals surface area contributed by atoms with Crippen LogP contribution in [0.5, 0.6) is 0 Å². The van der Waals surface area contributed by atoms with Crippen LogP contribution in [0.15, 0.2) is 30.5 Å². The first-order chi connectivity index (χ1) is 7.15. The van der Waals surface area contributed by atoms with Crippen LogP contribution in [-0.4, -0.2) is 9.55 Å². The van der Waals surface area contributed by atoms with Crippen LogP contribution in [-0.2, 0) is 7.05 Å². The molecule has 0 amide bonds. The molecule has 0 aliphatic carbocycles. The lowest BCUT2D eigenvalue weighted by Gasteiger charge is -2.06. The van der Waals surface area contributed by atoms with E-state index in [4.69, 9.17) is 0 Å². The van der Waals surface area contributed by atoms with E-state index in [2.05, 4.69) is 29.4 Å². The van der Waals surface area contributed by atoms with Crippen molar-refractivity contribution in [2.75, 3.05) is 5.32 Å². The largest absolute Gasteiger partial charge is 0.326 e. The molecule has 15 heavy (non-hydrogen) atoms. The summed E-state index contributed by atoms with van der Waals surface area (Å²) in [6, 6.07) is 8.25. The Morgan fingerprint density at radius 1 is 1.27 bits per heavy atom. The maximum absolute atomic E-state index is 4.39. The molecule has 78 valence electrons. The number of benzene rings is 1. The summed E-state index contributed by atoms with van der Waals surface area (Å²) >= 11 is 0. The lowest BCUT2D eigenvalue weighted by atomic mass is 10.2. The second kappa shape index (κ2) is 3.77. The molecule has 2 aromatic rings. The maximum atomic E-state index is 4.39. The normalized spacial score (nSPS) is 10.3. The van der Waals surface area contributed by atoms with E-state index >= 15 is 0 Å². The summed E-state index contributed by atoms with van der Waals surface area (Å²) in [6.07, 6.45) is 2.00. The summed E-state index contributed by atoms with van der Waals surface area (Å²) in [7, 11) is 1.98. The molecular formula is C12H15N3. The van der Waals surface area contributed by atoms with Crippen molar-refractivity contribution in [1.29, 1.82) is 0 Å². The van der Waals surface area contributed by atoms with E-state index in [9.17, 15) is 0 Å². The molecule has 0 aliphatic rings. The van der Waals surface area contributed by atoms with Gasteiger partial charge in [0.15, 0.2) is 0 Å². The van der Waals surface area contributed by atoms with Gasteiger partial charge < -0.3 is 9.88 Å². The zero-order valence-electron chi connectivity index (χ0n) is 9.28. The van der Waals surface area contributed by atoms with Gasteiger partial charge in [0.2, 0.25) is 5.95 Å². The minimum Gasteiger partial charge on any atom is -0.326 e. The van der Waals surface area contributed by atoms with Gasteiger partial charge in [-0.3, -0.25) is 0 Å². The quantitative estimate of drug-likeness (QED) is 0.809. The lowest BCUT2D eigenvalue weighted by molar-refractivity contribution is 0.923. The molecule has 0 radical (unpaired) electrons. The van der Waals surface area contributed by atoms with Crippen LogP contribution in [0, 0.1) is 13.8 Å². The summed E-state index contributed by atoms with van der Waals surface area (Å²) < 4.78 is 1.98. The fourth-order valence-electron chi connectivity index (χ4n) is 1.58. The average Bonchev–Trinajstić information content (AvgIpc) is 2.45. The number of aryl methyl sites for hydroxylation is 3. The first kappa shape index (κ1) is 9.77. The van der Waals surface area contributed by atoms with Gasteiger partial charge in [0.05, 0.1) is 5.69 Å². The van der Waals surface area contributed by atoms with E-state index in [1.54, 1.807) is 0 Å². The highest BCUT2D eigenvalue weighted by molar-refractivity contribution is 5.54. The Morgan fingerprint density at radius 3 is 2.67 bits per heavy atom. The Labute approximate surface area is 89.8 Å². The molecule has 0 spiro atoms. The molecule has 0 unspecified atom stereocenters. The second-order valence-electron chi connectivity index (χ2n) is 3.81. The summed E-state index contributed by atoms with van der Waals surface area (Å²) in [5, 5.41) is 3.29. The van der Waals surface area contributed by atoms with Crippen LogP contribution in [0.3, 0.4) is 0 Å². The molecule has 1 aromatic carbocycles. The minimum atomic E-state index is 0.873. The molecule has 1 N–H and O–H groups in total. The third-order valence-corrected chi connectivity index (χ3v) is 2.27. The second-order valence-corrected chi connectivity index (χ2v) is 3.81. The molecule has 0 saturated heterocycles. The van der Waals surface area contributed by atoms with Crippen molar-refractivity contribution in [3.05, 3.63) is 41.7 Å². The Hall–Kier alpha value is -1.77. The van der Waals surface area contributed by atoms with Gasteiger partial charge in [-0.2, -0.15) is 0 Å². The zero-order chi connectivity index (χ0) is 10.8. The monoisotopic (exact) mass is 201 g/mol. The molecule has 0 fully saturated rings.